The van der Waals surface area contributed by atoms with Crippen LogP contribution in [0.1, 0.15) is 6.42 Å². The summed E-state index contributed by atoms with van der Waals surface area (Å²) in [6.07, 6.45) is -6.01. The highest BCUT2D eigenvalue weighted by Gasteiger charge is 2.31. The summed E-state index contributed by atoms with van der Waals surface area (Å²) in [6.45, 7) is -0.816. The molecule has 96 valence electrons. The van der Waals surface area contributed by atoms with Crippen molar-refractivity contribution >= 4 is 13.8 Å². The van der Waals surface area contributed by atoms with Gasteiger partial charge in [0.15, 0.2) is 6.10 Å². The van der Waals surface area contributed by atoms with E-state index < -0.39 is 45.1 Å². The Labute approximate surface area is 90.2 Å². The maximum absolute atomic E-state index is 10.5. The number of phosphoric acid groups is 1. The molecule has 0 aliphatic carbocycles. The van der Waals surface area contributed by atoms with Crippen LogP contribution in [0, 0.1) is 0 Å². The van der Waals surface area contributed by atoms with Crippen LogP contribution in [0.3, 0.4) is 0 Å². The van der Waals surface area contributed by atoms with Gasteiger partial charge < -0.3 is 30.2 Å². The lowest BCUT2D eigenvalue weighted by Crippen LogP contribution is -2.36. The van der Waals surface area contributed by atoms with Crippen LogP contribution in [0.2, 0.25) is 0 Å². The van der Waals surface area contributed by atoms with E-state index in [2.05, 4.69) is 4.52 Å². The van der Waals surface area contributed by atoms with E-state index in [-0.39, 0.29) is 0 Å². The lowest BCUT2D eigenvalue weighted by atomic mass is 10.1. The second-order valence-corrected chi connectivity index (χ2v) is 4.17. The van der Waals surface area contributed by atoms with E-state index in [1.54, 1.807) is 0 Å². The number of hydrogen-bond donors (Lipinski definition) is 6. The molecule has 3 atom stereocenters. The molecule has 0 fully saturated rings. The summed E-state index contributed by atoms with van der Waals surface area (Å²) in [5.74, 6) is -1.70. The molecule has 0 bridgehead atoms. The summed E-state index contributed by atoms with van der Waals surface area (Å²) in [4.78, 5) is 27.3. The van der Waals surface area contributed by atoms with Gasteiger partial charge in [0.05, 0.1) is 12.7 Å². The molecule has 0 aromatic carbocycles. The first-order chi connectivity index (χ1) is 7.17. The fourth-order valence-electron chi connectivity index (χ4n) is 0.853. The van der Waals surface area contributed by atoms with Gasteiger partial charge in [-0.1, -0.05) is 0 Å². The van der Waals surface area contributed by atoms with E-state index in [1.807, 2.05) is 0 Å². The highest BCUT2D eigenvalue weighted by Crippen LogP contribution is 2.38. The van der Waals surface area contributed by atoms with Gasteiger partial charge in [-0.3, -0.25) is 4.52 Å². The topological polar surface area (TPSA) is 165 Å². The van der Waals surface area contributed by atoms with Crippen molar-refractivity contribution in [2.75, 3.05) is 6.61 Å². The Morgan fingerprint density at radius 1 is 1.25 bits per heavy atom. The van der Waals surface area contributed by atoms with Gasteiger partial charge >= 0.3 is 13.8 Å². The van der Waals surface area contributed by atoms with E-state index in [1.165, 1.54) is 0 Å². The zero-order valence-corrected chi connectivity index (χ0v) is 8.90. The minimum absolute atomic E-state index is 0.762. The van der Waals surface area contributed by atoms with Crippen molar-refractivity contribution in [3.63, 3.8) is 0 Å². The van der Waals surface area contributed by atoms with Crippen LogP contribution in [0.25, 0.3) is 0 Å². The highest BCUT2D eigenvalue weighted by atomic mass is 31.2. The minimum atomic E-state index is -5.01. The molecule has 0 saturated carbocycles. The van der Waals surface area contributed by atoms with Gasteiger partial charge in [-0.15, -0.1) is 0 Å². The van der Waals surface area contributed by atoms with Crippen molar-refractivity contribution in [2.45, 2.75) is 24.7 Å². The average Bonchev–Trinajstić information content (AvgIpc) is 2.13. The molecule has 0 aromatic heterocycles. The third kappa shape index (κ3) is 6.13. The zero-order valence-electron chi connectivity index (χ0n) is 8.00. The highest BCUT2D eigenvalue weighted by molar-refractivity contribution is 7.46. The maximum atomic E-state index is 10.5. The van der Waals surface area contributed by atoms with Crippen LogP contribution >= 0.6 is 7.82 Å². The van der Waals surface area contributed by atoms with Crippen molar-refractivity contribution in [3.8, 4) is 0 Å². The number of hydrogen-bond acceptors (Lipinski definition) is 6. The normalized spacial score (nSPS) is 17.8. The molecule has 0 unspecified atom stereocenters. The Hall–Kier alpha value is -0.540. The third-order valence-corrected chi connectivity index (χ3v) is 2.16. The van der Waals surface area contributed by atoms with Gasteiger partial charge in [-0.05, 0) is 0 Å². The van der Waals surface area contributed by atoms with E-state index in [4.69, 9.17) is 30.2 Å². The van der Waals surface area contributed by atoms with Crippen molar-refractivity contribution in [2.24, 2.45) is 0 Å². The number of carboxylic acid groups (broad SMARTS) is 1. The van der Waals surface area contributed by atoms with Crippen molar-refractivity contribution < 1.29 is 44.1 Å². The van der Waals surface area contributed by atoms with Crippen LogP contribution in [0.4, 0.5) is 0 Å². The monoisotopic (exact) mass is 260 g/mol. The first-order valence-electron chi connectivity index (χ1n) is 4.11. The van der Waals surface area contributed by atoms with Gasteiger partial charge in [0.1, 0.15) is 6.10 Å². The van der Waals surface area contributed by atoms with Gasteiger partial charge in [-0.25, -0.2) is 9.36 Å². The quantitative estimate of drug-likeness (QED) is 0.275. The minimum Gasteiger partial charge on any atom is -0.479 e. The first-order valence-corrected chi connectivity index (χ1v) is 5.64. The summed E-state index contributed by atoms with van der Waals surface area (Å²) in [5.41, 5.74) is 0. The Balaban J connectivity index is 4.46. The van der Waals surface area contributed by atoms with Gasteiger partial charge in [0.2, 0.25) is 0 Å². The summed E-state index contributed by atoms with van der Waals surface area (Å²) < 4.78 is 14.3. The average molecular weight is 260 g/mol. The summed E-state index contributed by atoms with van der Waals surface area (Å²) in [6, 6.07) is 0. The van der Waals surface area contributed by atoms with Crippen LogP contribution in [0.5, 0.6) is 0 Å². The van der Waals surface area contributed by atoms with E-state index >= 15 is 0 Å². The number of aliphatic carboxylic acids is 1. The van der Waals surface area contributed by atoms with Crippen LogP contribution in [0.15, 0.2) is 0 Å². The second kappa shape index (κ2) is 6.26. The van der Waals surface area contributed by atoms with Crippen molar-refractivity contribution in [1.29, 1.82) is 0 Å². The van der Waals surface area contributed by atoms with Gasteiger partial charge in [-0.2, -0.15) is 0 Å². The molecule has 0 rings (SSSR count). The number of rotatable bonds is 7. The molecule has 10 heteroatoms. The molecule has 0 aromatic rings. The largest absolute Gasteiger partial charge is 0.479 e. The fraction of sp³-hybridized carbons (Fsp3) is 0.833. The van der Waals surface area contributed by atoms with E-state index in [9.17, 15) is 9.36 Å². The van der Waals surface area contributed by atoms with Crippen LogP contribution < -0.4 is 0 Å². The van der Waals surface area contributed by atoms with Crippen LogP contribution in [-0.4, -0.2) is 61.1 Å². The summed E-state index contributed by atoms with van der Waals surface area (Å²) in [7, 11) is -5.01. The van der Waals surface area contributed by atoms with Gasteiger partial charge in [0.25, 0.3) is 0 Å². The summed E-state index contributed by atoms with van der Waals surface area (Å²) >= 11 is 0. The molecule has 0 heterocycles. The Kier molecular flexibility index (Phi) is 6.05. The third-order valence-electron chi connectivity index (χ3n) is 1.63. The van der Waals surface area contributed by atoms with Gasteiger partial charge in [0, 0.05) is 6.42 Å². The van der Waals surface area contributed by atoms with Crippen molar-refractivity contribution in [1.82, 2.24) is 0 Å². The maximum Gasteiger partial charge on any atom is 0.470 e. The number of phosphoric ester groups is 1. The lowest BCUT2D eigenvalue weighted by Gasteiger charge is -2.20. The second-order valence-electron chi connectivity index (χ2n) is 2.98. The Morgan fingerprint density at radius 3 is 2.06 bits per heavy atom. The molecule has 0 saturated heterocycles. The molecule has 0 aliphatic heterocycles. The standard InChI is InChI=1S/C6H13O9P/c7-2-4(9)3(8)1-5(6(10)11)15-16(12,13)14/h3-5,7-9H,1-2H2,(H,10,11)(H2,12,13,14)/t3-,4+,5+/m0/s1. The fourth-order valence-corrected chi connectivity index (χ4v) is 1.36. The molecule has 0 aliphatic rings. The first kappa shape index (κ1) is 15.5. The molecule has 16 heavy (non-hydrogen) atoms. The van der Waals surface area contributed by atoms with E-state index in [0.29, 0.717) is 0 Å². The number of carboxylic acids is 1. The molecular weight excluding hydrogens is 247 g/mol. The molecule has 9 nitrogen and oxygen atoms in total. The number of carbonyl (C=O) groups is 1. The molecule has 6 N–H and O–H groups in total. The van der Waals surface area contributed by atoms with Crippen molar-refractivity contribution in [3.05, 3.63) is 0 Å². The Bertz CT molecular complexity index is 273. The van der Waals surface area contributed by atoms with Crippen LogP contribution in [-0.2, 0) is 13.9 Å². The Morgan fingerprint density at radius 2 is 1.75 bits per heavy atom. The van der Waals surface area contributed by atoms with E-state index in [0.717, 1.165) is 0 Å². The molecule has 0 amide bonds. The SMILES string of the molecule is O=C(O)[C@@H](C[C@H](O)[C@H](O)CO)OP(=O)(O)O. The summed E-state index contributed by atoms with van der Waals surface area (Å²) in [5, 5.41) is 35.0. The molecule has 0 spiro atoms. The predicted octanol–water partition coefficient (Wildman–Crippen LogP) is -2.35. The lowest BCUT2D eigenvalue weighted by molar-refractivity contribution is -0.148. The predicted molar refractivity (Wildman–Crippen MR) is 48.3 cm³/mol. The number of aliphatic hydroxyl groups is 3. The smallest absolute Gasteiger partial charge is 0.470 e. The molecule has 0 radical (unpaired) electrons. The molecular formula is C6H13O9P. The number of aliphatic hydroxyl groups excluding tert-OH is 3. The zero-order chi connectivity index (χ0) is 12.9.